The van der Waals surface area contributed by atoms with E-state index in [9.17, 15) is 0 Å². The van der Waals surface area contributed by atoms with Gasteiger partial charge in [0.25, 0.3) is 0 Å². The molecule has 0 fully saturated rings. The number of benzene rings is 1. The lowest BCUT2D eigenvalue weighted by Gasteiger charge is -2.27. The molecule has 3 heteroatoms. The van der Waals surface area contributed by atoms with E-state index in [1.54, 1.807) is 0 Å². The van der Waals surface area contributed by atoms with Gasteiger partial charge in [0.1, 0.15) is 5.75 Å². The maximum Gasteiger partial charge on any atom is 0.242 e. The standard InChI is InChI=1S/C14H24OSSi/c1-10-8-11(14(2,3)4)13(16)12(9-10)15-17(5,6)7/h8-9,16H,1-7H3. The smallest absolute Gasteiger partial charge is 0.242 e. The molecule has 0 aliphatic carbocycles. The Morgan fingerprint density at radius 1 is 1.12 bits per heavy atom. The topological polar surface area (TPSA) is 9.23 Å². The summed E-state index contributed by atoms with van der Waals surface area (Å²) in [4.78, 5) is 0.991. The van der Waals surface area contributed by atoms with Crippen LogP contribution >= 0.6 is 12.6 Å². The zero-order chi connectivity index (χ0) is 13.4. The molecule has 0 aliphatic heterocycles. The third kappa shape index (κ3) is 4.07. The quantitative estimate of drug-likeness (QED) is 0.599. The van der Waals surface area contributed by atoms with Crippen molar-refractivity contribution in [3.63, 3.8) is 0 Å². The Hall–Kier alpha value is -0.413. The second-order valence-electron chi connectivity index (χ2n) is 6.62. The highest BCUT2D eigenvalue weighted by atomic mass is 32.1. The molecule has 96 valence electrons. The zero-order valence-corrected chi connectivity index (χ0v) is 13.9. The van der Waals surface area contributed by atoms with E-state index in [0.29, 0.717) is 0 Å². The van der Waals surface area contributed by atoms with Crippen LogP contribution in [0.5, 0.6) is 5.75 Å². The minimum Gasteiger partial charge on any atom is -0.544 e. The van der Waals surface area contributed by atoms with E-state index < -0.39 is 8.32 Å². The van der Waals surface area contributed by atoms with Gasteiger partial charge in [-0.15, -0.1) is 12.6 Å². The molecule has 0 N–H and O–H groups in total. The summed E-state index contributed by atoms with van der Waals surface area (Å²) in [6, 6.07) is 4.30. The van der Waals surface area contributed by atoms with Gasteiger partial charge < -0.3 is 4.43 Å². The fourth-order valence-corrected chi connectivity index (χ4v) is 3.14. The summed E-state index contributed by atoms with van der Waals surface area (Å²) in [5.74, 6) is 0.942. The van der Waals surface area contributed by atoms with Gasteiger partial charge in [-0.2, -0.15) is 0 Å². The van der Waals surface area contributed by atoms with E-state index in [-0.39, 0.29) is 5.41 Å². The van der Waals surface area contributed by atoms with Gasteiger partial charge in [-0.05, 0) is 49.2 Å². The number of hydrogen-bond donors (Lipinski definition) is 1. The van der Waals surface area contributed by atoms with Gasteiger partial charge in [-0.1, -0.05) is 26.8 Å². The van der Waals surface area contributed by atoms with Crippen molar-refractivity contribution in [3.05, 3.63) is 23.3 Å². The molecule has 0 spiro atoms. The normalized spacial score (nSPS) is 12.7. The number of hydrogen-bond acceptors (Lipinski definition) is 2. The number of rotatable bonds is 2. The molecule has 1 rings (SSSR count). The van der Waals surface area contributed by atoms with E-state index in [0.717, 1.165) is 10.6 Å². The molecular weight excluding hydrogens is 244 g/mol. The van der Waals surface area contributed by atoms with Crippen LogP contribution in [-0.4, -0.2) is 8.32 Å². The Balaban J connectivity index is 3.29. The zero-order valence-electron chi connectivity index (χ0n) is 12.0. The van der Waals surface area contributed by atoms with Crippen molar-refractivity contribution in [1.82, 2.24) is 0 Å². The molecule has 0 radical (unpaired) electrons. The molecule has 0 saturated carbocycles. The molecule has 0 aromatic heterocycles. The van der Waals surface area contributed by atoms with Crippen molar-refractivity contribution in [2.75, 3.05) is 0 Å². The molecule has 0 saturated heterocycles. The first-order valence-electron chi connectivity index (χ1n) is 6.04. The summed E-state index contributed by atoms with van der Waals surface area (Å²) >= 11 is 4.66. The fourth-order valence-electron chi connectivity index (χ4n) is 1.72. The fraction of sp³-hybridized carbons (Fsp3) is 0.571. The van der Waals surface area contributed by atoms with Gasteiger partial charge in [-0.25, -0.2) is 0 Å². The van der Waals surface area contributed by atoms with Crippen LogP contribution in [0.4, 0.5) is 0 Å². The number of aryl methyl sites for hydroxylation is 1. The average molecular weight is 268 g/mol. The van der Waals surface area contributed by atoms with Crippen molar-refractivity contribution in [3.8, 4) is 5.75 Å². The van der Waals surface area contributed by atoms with Gasteiger partial charge in [0.2, 0.25) is 8.32 Å². The first-order chi connectivity index (χ1) is 7.50. The van der Waals surface area contributed by atoms with Gasteiger partial charge in [-0.3, -0.25) is 0 Å². The van der Waals surface area contributed by atoms with E-state index in [1.165, 1.54) is 11.1 Å². The average Bonchev–Trinajstić information content (AvgIpc) is 2.06. The third-order valence-electron chi connectivity index (χ3n) is 2.44. The van der Waals surface area contributed by atoms with Crippen molar-refractivity contribution in [2.24, 2.45) is 0 Å². The van der Waals surface area contributed by atoms with E-state index >= 15 is 0 Å². The Morgan fingerprint density at radius 2 is 1.65 bits per heavy atom. The second kappa shape index (κ2) is 4.69. The van der Waals surface area contributed by atoms with Crippen molar-refractivity contribution in [1.29, 1.82) is 0 Å². The number of thiol groups is 1. The van der Waals surface area contributed by atoms with Crippen LogP contribution in [0.3, 0.4) is 0 Å². The van der Waals surface area contributed by atoms with Crippen LogP contribution in [0.1, 0.15) is 31.9 Å². The van der Waals surface area contributed by atoms with Crippen LogP contribution in [0.15, 0.2) is 17.0 Å². The molecule has 0 atom stereocenters. The predicted molar refractivity (Wildman–Crippen MR) is 81.1 cm³/mol. The summed E-state index contributed by atoms with van der Waals surface area (Å²) in [7, 11) is -1.58. The van der Waals surface area contributed by atoms with Gasteiger partial charge in [0.05, 0.1) is 0 Å². The third-order valence-corrected chi connectivity index (χ3v) is 3.74. The molecular formula is C14H24OSSi. The predicted octanol–water partition coefficient (Wildman–Crippen LogP) is 4.79. The summed E-state index contributed by atoms with van der Waals surface area (Å²) in [6.07, 6.45) is 0. The first-order valence-corrected chi connectivity index (χ1v) is 9.89. The SMILES string of the molecule is Cc1cc(O[Si](C)(C)C)c(S)c(C(C)(C)C)c1. The van der Waals surface area contributed by atoms with E-state index in [1.807, 2.05) is 0 Å². The molecule has 0 bridgehead atoms. The monoisotopic (exact) mass is 268 g/mol. The molecule has 0 aliphatic rings. The summed E-state index contributed by atoms with van der Waals surface area (Å²) < 4.78 is 6.11. The molecule has 0 unspecified atom stereocenters. The Labute approximate surface area is 112 Å². The Kier molecular flexibility index (Phi) is 4.04. The molecule has 17 heavy (non-hydrogen) atoms. The summed E-state index contributed by atoms with van der Waals surface area (Å²) in [5, 5.41) is 0. The van der Waals surface area contributed by atoms with Gasteiger partial charge in [0, 0.05) is 4.90 Å². The molecule has 1 aromatic carbocycles. The van der Waals surface area contributed by atoms with Gasteiger partial charge in [0.15, 0.2) is 0 Å². The van der Waals surface area contributed by atoms with Crippen LogP contribution in [0.2, 0.25) is 19.6 Å². The maximum absolute atomic E-state index is 6.11. The lowest BCUT2D eigenvalue weighted by atomic mass is 9.86. The first kappa shape index (κ1) is 14.6. The summed E-state index contributed by atoms with van der Waals surface area (Å²) in [6.45, 7) is 15.3. The largest absolute Gasteiger partial charge is 0.544 e. The Morgan fingerprint density at radius 3 is 2.06 bits per heavy atom. The van der Waals surface area contributed by atoms with Gasteiger partial charge >= 0.3 is 0 Å². The second-order valence-corrected chi connectivity index (χ2v) is 11.5. The Bertz CT molecular complexity index is 413. The van der Waals surface area contributed by atoms with Crippen LogP contribution in [0.25, 0.3) is 0 Å². The minimum atomic E-state index is -1.58. The van der Waals surface area contributed by atoms with Crippen molar-refractivity contribution < 1.29 is 4.43 Å². The van der Waals surface area contributed by atoms with Crippen LogP contribution in [-0.2, 0) is 5.41 Å². The van der Waals surface area contributed by atoms with Crippen LogP contribution in [0, 0.1) is 6.92 Å². The molecule has 1 nitrogen and oxygen atoms in total. The molecule has 0 amide bonds. The molecule has 0 heterocycles. The maximum atomic E-state index is 6.11. The highest BCUT2D eigenvalue weighted by Crippen LogP contribution is 2.36. The highest BCUT2D eigenvalue weighted by Gasteiger charge is 2.23. The summed E-state index contributed by atoms with van der Waals surface area (Å²) in [5.41, 5.74) is 2.59. The van der Waals surface area contributed by atoms with Crippen LogP contribution < -0.4 is 4.43 Å². The lowest BCUT2D eigenvalue weighted by molar-refractivity contribution is 0.523. The highest BCUT2D eigenvalue weighted by molar-refractivity contribution is 7.80. The van der Waals surface area contributed by atoms with Crippen molar-refractivity contribution in [2.45, 2.75) is 57.6 Å². The van der Waals surface area contributed by atoms with E-state index in [4.69, 9.17) is 4.43 Å². The van der Waals surface area contributed by atoms with E-state index in [2.05, 4.69) is 72.1 Å². The molecule has 1 aromatic rings. The van der Waals surface area contributed by atoms with Crippen molar-refractivity contribution >= 4 is 20.9 Å². The lowest BCUT2D eigenvalue weighted by Crippen LogP contribution is -2.30. The minimum absolute atomic E-state index is 0.0979.